The molecular weight excluding hydrogens is 322 g/mol. The number of benzene rings is 2. The Kier molecular flexibility index (Phi) is 6.11. The average molecular weight is 341 g/mol. The summed E-state index contributed by atoms with van der Waals surface area (Å²) in [4.78, 5) is 23.5. The lowest BCUT2D eigenvalue weighted by Crippen LogP contribution is -2.32. The molecule has 3 N–H and O–H groups in total. The number of nitrogens with zero attached hydrogens (tertiary/aromatic N) is 1. The first-order valence-corrected chi connectivity index (χ1v) is 7.66. The van der Waals surface area contributed by atoms with E-state index in [0.29, 0.717) is 23.6 Å². The van der Waals surface area contributed by atoms with Gasteiger partial charge in [-0.3, -0.25) is 9.59 Å². The molecule has 2 aromatic rings. The molecule has 0 unspecified atom stereocenters. The summed E-state index contributed by atoms with van der Waals surface area (Å²) in [5, 5.41) is 15.8. The van der Waals surface area contributed by atoms with Crippen molar-refractivity contribution in [3.8, 4) is 11.5 Å². The first-order valence-electron chi connectivity index (χ1n) is 7.66. The second-order valence-corrected chi connectivity index (χ2v) is 5.18. The molecule has 7 heteroatoms. The molecule has 7 nitrogen and oxygen atoms in total. The highest BCUT2D eigenvalue weighted by molar-refractivity contribution is 6.39. The van der Waals surface area contributed by atoms with E-state index in [4.69, 9.17) is 4.74 Å². The number of nitrogens with one attached hydrogen (secondary N) is 2. The summed E-state index contributed by atoms with van der Waals surface area (Å²) in [6.45, 7) is 4.09. The molecule has 0 fully saturated rings. The Morgan fingerprint density at radius 2 is 2.00 bits per heavy atom. The van der Waals surface area contributed by atoms with Crippen LogP contribution in [0.5, 0.6) is 11.5 Å². The van der Waals surface area contributed by atoms with Crippen LogP contribution < -0.4 is 15.5 Å². The zero-order valence-electron chi connectivity index (χ0n) is 13.9. The van der Waals surface area contributed by atoms with Crippen LogP contribution in [0.3, 0.4) is 0 Å². The average Bonchev–Trinajstić information content (AvgIpc) is 2.58. The molecule has 0 heterocycles. The Hall–Kier alpha value is -3.35. The molecule has 0 spiro atoms. The zero-order valence-corrected chi connectivity index (χ0v) is 13.9. The van der Waals surface area contributed by atoms with E-state index in [1.54, 1.807) is 37.3 Å². The molecule has 0 atom stereocenters. The van der Waals surface area contributed by atoms with E-state index in [9.17, 15) is 14.7 Å². The van der Waals surface area contributed by atoms with E-state index in [1.165, 1.54) is 12.3 Å². The fraction of sp³-hybridized carbons (Fsp3) is 0.167. The van der Waals surface area contributed by atoms with E-state index < -0.39 is 11.8 Å². The lowest BCUT2D eigenvalue weighted by molar-refractivity contribution is -0.136. The number of ether oxygens (including phenoxy) is 1. The highest BCUT2D eigenvalue weighted by Gasteiger charge is 2.12. The summed E-state index contributed by atoms with van der Waals surface area (Å²) in [7, 11) is 0. The highest BCUT2D eigenvalue weighted by atomic mass is 16.5. The van der Waals surface area contributed by atoms with E-state index in [1.807, 2.05) is 13.0 Å². The molecule has 25 heavy (non-hydrogen) atoms. The smallest absolute Gasteiger partial charge is 0.329 e. The van der Waals surface area contributed by atoms with Crippen LogP contribution in [0.2, 0.25) is 0 Å². The summed E-state index contributed by atoms with van der Waals surface area (Å²) < 4.78 is 5.26. The normalized spacial score (nSPS) is 10.5. The summed E-state index contributed by atoms with van der Waals surface area (Å²) in [6.07, 6.45) is 1.35. The third kappa shape index (κ3) is 5.35. The van der Waals surface area contributed by atoms with Crippen LogP contribution in [0, 0.1) is 6.92 Å². The summed E-state index contributed by atoms with van der Waals surface area (Å²) in [5.74, 6) is -1.37. The molecule has 0 bridgehead atoms. The van der Waals surface area contributed by atoms with Crippen LogP contribution in [0.15, 0.2) is 47.6 Å². The quantitative estimate of drug-likeness (QED) is 0.441. The third-order valence-electron chi connectivity index (χ3n) is 3.15. The van der Waals surface area contributed by atoms with Gasteiger partial charge in [-0.1, -0.05) is 12.1 Å². The zero-order chi connectivity index (χ0) is 18.2. The SMILES string of the molecule is CCOc1cc(C=NNC(=O)C(=O)Nc2cccc(C)c2)ccc1O. The van der Waals surface area contributed by atoms with Gasteiger partial charge in [0.15, 0.2) is 11.5 Å². The van der Waals surface area contributed by atoms with Crippen LogP contribution in [-0.2, 0) is 9.59 Å². The van der Waals surface area contributed by atoms with Gasteiger partial charge in [-0.2, -0.15) is 5.10 Å². The first-order chi connectivity index (χ1) is 12.0. The summed E-state index contributed by atoms with van der Waals surface area (Å²) >= 11 is 0. The summed E-state index contributed by atoms with van der Waals surface area (Å²) in [6, 6.07) is 11.7. The molecular formula is C18H19N3O4. The minimum absolute atomic E-state index is 0.0144. The maximum atomic E-state index is 11.8. The molecule has 0 aliphatic rings. The summed E-state index contributed by atoms with van der Waals surface area (Å²) in [5.41, 5.74) is 4.24. The highest BCUT2D eigenvalue weighted by Crippen LogP contribution is 2.26. The minimum atomic E-state index is -0.887. The molecule has 2 amide bonds. The number of hydrogen-bond donors (Lipinski definition) is 3. The van der Waals surface area contributed by atoms with Gasteiger partial charge in [-0.05, 0) is 55.3 Å². The number of phenolic OH excluding ortho intramolecular Hbond substituents is 1. The van der Waals surface area contributed by atoms with Crippen molar-refractivity contribution in [3.05, 3.63) is 53.6 Å². The standard InChI is InChI=1S/C18H19N3O4/c1-3-25-16-10-13(7-8-15(16)22)11-19-21-18(24)17(23)20-14-6-4-5-12(2)9-14/h4-11,22H,3H2,1-2H3,(H,20,23)(H,21,24). The van der Waals surface area contributed by atoms with E-state index >= 15 is 0 Å². The van der Waals surface area contributed by atoms with E-state index in [0.717, 1.165) is 5.56 Å². The van der Waals surface area contributed by atoms with Crippen molar-refractivity contribution in [2.45, 2.75) is 13.8 Å². The number of amides is 2. The van der Waals surface area contributed by atoms with Crippen molar-refractivity contribution in [3.63, 3.8) is 0 Å². The molecule has 0 aliphatic carbocycles. The maximum absolute atomic E-state index is 11.8. The van der Waals surface area contributed by atoms with Crippen molar-refractivity contribution in [1.29, 1.82) is 0 Å². The van der Waals surface area contributed by atoms with Gasteiger partial charge in [0.25, 0.3) is 0 Å². The number of rotatable bonds is 5. The predicted molar refractivity (Wildman–Crippen MR) is 94.8 cm³/mol. The second kappa shape index (κ2) is 8.49. The van der Waals surface area contributed by atoms with Crippen molar-refractivity contribution in [1.82, 2.24) is 5.43 Å². The van der Waals surface area contributed by atoms with Crippen molar-refractivity contribution in [2.24, 2.45) is 5.10 Å². The van der Waals surface area contributed by atoms with Gasteiger partial charge in [0, 0.05) is 5.69 Å². The number of carbonyl (C=O) groups excluding carboxylic acids is 2. The number of hydrazone groups is 1. The van der Waals surface area contributed by atoms with Gasteiger partial charge in [0.2, 0.25) is 0 Å². The van der Waals surface area contributed by atoms with Crippen molar-refractivity contribution in [2.75, 3.05) is 11.9 Å². The molecule has 0 aliphatic heterocycles. The monoisotopic (exact) mass is 341 g/mol. The molecule has 130 valence electrons. The maximum Gasteiger partial charge on any atom is 0.329 e. The topological polar surface area (TPSA) is 100 Å². The largest absolute Gasteiger partial charge is 0.504 e. The number of hydrogen-bond acceptors (Lipinski definition) is 5. The van der Waals surface area contributed by atoms with Gasteiger partial charge >= 0.3 is 11.8 Å². The first kappa shape index (κ1) is 18.0. The fourth-order valence-corrected chi connectivity index (χ4v) is 2.01. The van der Waals surface area contributed by atoms with Crippen LogP contribution in [0.1, 0.15) is 18.1 Å². The fourth-order valence-electron chi connectivity index (χ4n) is 2.01. The van der Waals surface area contributed by atoms with Crippen molar-refractivity contribution < 1.29 is 19.4 Å². The third-order valence-corrected chi connectivity index (χ3v) is 3.15. The Morgan fingerprint density at radius 3 is 2.72 bits per heavy atom. The number of aryl methyl sites for hydroxylation is 1. The lowest BCUT2D eigenvalue weighted by Gasteiger charge is -2.06. The van der Waals surface area contributed by atoms with Gasteiger partial charge in [-0.25, -0.2) is 5.43 Å². The molecule has 0 saturated carbocycles. The molecule has 0 radical (unpaired) electrons. The van der Waals surface area contributed by atoms with Crippen LogP contribution in [0.4, 0.5) is 5.69 Å². The number of carbonyl (C=O) groups is 2. The van der Waals surface area contributed by atoms with E-state index in [-0.39, 0.29) is 5.75 Å². The molecule has 0 aromatic heterocycles. The number of aromatic hydroxyl groups is 1. The Balaban J connectivity index is 1.93. The molecule has 2 aromatic carbocycles. The van der Waals surface area contributed by atoms with Gasteiger partial charge in [-0.15, -0.1) is 0 Å². The minimum Gasteiger partial charge on any atom is -0.504 e. The number of phenols is 1. The van der Waals surface area contributed by atoms with Gasteiger partial charge < -0.3 is 15.2 Å². The molecule has 0 saturated heterocycles. The Bertz CT molecular complexity index is 803. The predicted octanol–water partition coefficient (Wildman–Crippen LogP) is 2.19. The Labute approximate surface area is 145 Å². The van der Waals surface area contributed by atoms with Gasteiger partial charge in [0.05, 0.1) is 12.8 Å². The number of anilines is 1. The lowest BCUT2D eigenvalue weighted by atomic mass is 10.2. The van der Waals surface area contributed by atoms with E-state index in [2.05, 4.69) is 15.8 Å². The Morgan fingerprint density at radius 1 is 1.20 bits per heavy atom. The second-order valence-electron chi connectivity index (χ2n) is 5.18. The van der Waals surface area contributed by atoms with Crippen LogP contribution in [-0.4, -0.2) is 29.7 Å². The van der Waals surface area contributed by atoms with Crippen LogP contribution in [0.25, 0.3) is 0 Å². The van der Waals surface area contributed by atoms with Crippen LogP contribution >= 0.6 is 0 Å². The molecule has 2 rings (SSSR count). The van der Waals surface area contributed by atoms with Crippen molar-refractivity contribution >= 4 is 23.7 Å². The van der Waals surface area contributed by atoms with Gasteiger partial charge in [0.1, 0.15) is 0 Å².